The molecule has 2 fully saturated rings. The summed E-state index contributed by atoms with van der Waals surface area (Å²) in [6.07, 6.45) is 3.16. The zero-order chi connectivity index (χ0) is 20.1. The van der Waals surface area contributed by atoms with Gasteiger partial charge in [0.1, 0.15) is 5.75 Å². The molecule has 2 aliphatic rings. The molecule has 162 valence electrons. The standard InChI is InChI=1S/C22H33N3O3.ClH/c1-4-23-15-16-11-13-25(14-12-16)22(27)19-9-10-20(26)24(2)21(19)17-5-7-18(28-3)8-6-17;/h5-8,16,19,21,23H,4,9-15H2,1-3H3;1H. The molecule has 6 nitrogen and oxygen atoms in total. The lowest BCUT2D eigenvalue weighted by Gasteiger charge is -2.42. The van der Waals surface area contributed by atoms with Gasteiger partial charge in [0.25, 0.3) is 0 Å². The van der Waals surface area contributed by atoms with Crippen LogP contribution in [0.4, 0.5) is 0 Å². The van der Waals surface area contributed by atoms with Crippen LogP contribution in [0.25, 0.3) is 0 Å². The Hall–Kier alpha value is -1.79. The monoisotopic (exact) mass is 423 g/mol. The van der Waals surface area contributed by atoms with E-state index in [1.54, 1.807) is 12.0 Å². The molecule has 7 heteroatoms. The van der Waals surface area contributed by atoms with E-state index in [0.29, 0.717) is 18.8 Å². The second kappa shape index (κ2) is 10.8. The summed E-state index contributed by atoms with van der Waals surface area (Å²) in [4.78, 5) is 29.5. The van der Waals surface area contributed by atoms with Crippen LogP contribution >= 0.6 is 12.4 Å². The third kappa shape index (κ3) is 5.43. The van der Waals surface area contributed by atoms with Crippen molar-refractivity contribution in [3.63, 3.8) is 0 Å². The van der Waals surface area contributed by atoms with Gasteiger partial charge in [0.2, 0.25) is 11.8 Å². The van der Waals surface area contributed by atoms with Crippen molar-refractivity contribution in [1.82, 2.24) is 15.1 Å². The molecule has 3 rings (SSSR count). The predicted octanol–water partition coefficient (Wildman–Crippen LogP) is 2.87. The maximum absolute atomic E-state index is 13.4. The van der Waals surface area contributed by atoms with E-state index in [1.165, 1.54) is 0 Å². The number of carbonyl (C=O) groups is 2. The van der Waals surface area contributed by atoms with Gasteiger partial charge in [-0.05, 0) is 56.0 Å². The van der Waals surface area contributed by atoms with Crippen LogP contribution in [0.3, 0.4) is 0 Å². The fourth-order valence-corrected chi connectivity index (χ4v) is 4.49. The first-order valence-corrected chi connectivity index (χ1v) is 10.4. The molecule has 0 aromatic heterocycles. The van der Waals surface area contributed by atoms with Crippen LogP contribution in [0.2, 0.25) is 0 Å². The Morgan fingerprint density at radius 1 is 1.17 bits per heavy atom. The lowest BCUT2D eigenvalue weighted by atomic mass is 9.83. The lowest BCUT2D eigenvalue weighted by molar-refractivity contribution is -0.147. The molecule has 2 amide bonds. The summed E-state index contributed by atoms with van der Waals surface area (Å²) in [6.45, 7) is 5.79. The van der Waals surface area contributed by atoms with Crippen LogP contribution in [0.1, 0.15) is 44.2 Å². The zero-order valence-corrected chi connectivity index (χ0v) is 18.5. The fourth-order valence-electron chi connectivity index (χ4n) is 4.49. The summed E-state index contributed by atoms with van der Waals surface area (Å²) in [5.41, 5.74) is 0.997. The molecule has 0 bridgehead atoms. The number of halogens is 1. The molecule has 0 saturated carbocycles. The van der Waals surface area contributed by atoms with Gasteiger partial charge < -0.3 is 19.9 Å². The number of ether oxygens (including phenoxy) is 1. The first-order chi connectivity index (χ1) is 13.5. The van der Waals surface area contributed by atoms with Gasteiger partial charge in [-0.15, -0.1) is 12.4 Å². The Kier molecular flexibility index (Phi) is 8.78. The summed E-state index contributed by atoms with van der Waals surface area (Å²) in [5, 5.41) is 3.42. The summed E-state index contributed by atoms with van der Waals surface area (Å²) in [5.74, 6) is 1.55. The van der Waals surface area contributed by atoms with Gasteiger partial charge in [0, 0.05) is 26.6 Å². The Morgan fingerprint density at radius 3 is 2.41 bits per heavy atom. The van der Waals surface area contributed by atoms with Crippen molar-refractivity contribution in [3.8, 4) is 5.75 Å². The normalized spacial score (nSPS) is 22.9. The van der Waals surface area contributed by atoms with E-state index in [0.717, 1.165) is 50.3 Å². The molecule has 1 aromatic rings. The second-order valence-electron chi connectivity index (χ2n) is 7.94. The summed E-state index contributed by atoms with van der Waals surface area (Å²) in [6, 6.07) is 7.54. The Morgan fingerprint density at radius 2 is 1.83 bits per heavy atom. The maximum atomic E-state index is 13.4. The van der Waals surface area contributed by atoms with E-state index < -0.39 is 0 Å². The third-order valence-corrected chi connectivity index (χ3v) is 6.24. The second-order valence-corrected chi connectivity index (χ2v) is 7.94. The van der Waals surface area contributed by atoms with Crippen molar-refractivity contribution in [3.05, 3.63) is 29.8 Å². The number of hydrogen-bond acceptors (Lipinski definition) is 4. The van der Waals surface area contributed by atoms with Crippen molar-refractivity contribution >= 4 is 24.2 Å². The number of benzene rings is 1. The van der Waals surface area contributed by atoms with Gasteiger partial charge >= 0.3 is 0 Å². The van der Waals surface area contributed by atoms with E-state index in [1.807, 2.05) is 36.2 Å². The van der Waals surface area contributed by atoms with Gasteiger partial charge in [-0.1, -0.05) is 19.1 Å². The van der Waals surface area contributed by atoms with E-state index in [4.69, 9.17) is 4.74 Å². The summed E-state index contributed by atoms with van der Waals surface area (Å²) < 4.78 is 5.25. The summed E-state index contributed by atoms with van der Waals surface area (Å²) >= 11 is 0. The molecule has 2 saturated heterocycles. The van der Waals surface area contributed by atoms with Gasteiger partial charge in [-0.2, -0.15) is 0 Å². The molecule has 0 spiro atoms. The lowest BCUT2D eigenvalue weighted by Crippen LogP contribution is -2.49. The number of rotatable bonds is 6. The number of likely N-dealkylation sites (tertiary alicyclic amines) is 2. The largest absolute Gasteiger partial charge is 0.497 e. The molecular formula is C22H34ClN3O3. The SMILES string of the molecule is CCNCC1CCN(C(=O)C2CCC(=O)N(C)C2c2ccc(OC)cc2)CC1.Cl. The minimum atomic E-state index is -0.209. The highest BCUT2D eigenvalue weighted by Gasteiger charge is 2.41. The number of piperidine rings is 2. The highest BCUT2D eigenvalue weighted by molar-refractivity contribution is 5.85. The topological polar surface area (TPSA) is 61.9 Å². The average Bonchev–Trinajstić information content (AvgIpc) is 2.74. The van der Waals surface area contributed by atoms with E-state index in [9.17, 15) is 9.59 Å². The first kappa shape index (κ1) is 23.5. The molecule has 2 unspecified atom stereocenters. The van der Waals surface area contributed by atoms with Crippen molar-refractivity contribution in [2.24, 2.45) is 11.8 Å². The van der Waals surface area contributed by atoms with Gasteiger partial charge in [0.15, 0.2) is 0 Å². The van der Waals surface area contributed by atoms with Crippen LogP contribution in [0.5, 0.6) is 5.75 Å². The van der Waals surface area contributed by atoms with Crippen molar-refractivity contribution in [2.45, 2.75) is 38.6 Å². The molecule has 2 aliphatic heterocycles. The van der Waals surface area contributed by atoms with Crippen LogP contribution < -0.4 is 10.1 Å². The van der Waals surface area contributed by atoms with Crippen molar-refractivity contribution in [2.75, 3.05) is 40.3 Å². The smallest absolute Gasteiger partial charge is 0.228 e. The number of methoxy groups -OCH3 is 1. The van der Waals surface area contributed by atoms with E-state index >= 15 is 0 Å². The average molecular weight is 424 g/mol. The van der Waals surface area contributed by atoms with Crippen molar-refractivity contribution < 1.29 is 14.3 Å². The molecule has 0 radical (unpaired) electrons. The van der Waals surface area contributed by atoms with Crippen LogP contribution in [-0.4, -0.2) is 62.0 Å². The van der Waals surface area contributed by atoms with Gasteiger partial charge in [0.05, 0.1) is 19.1 Å². The van der Waals surface area contributed by atoms with Crippen LogP contribution in [0.15, 0.2) is 24.3 Å². The van der Waals surface area contributed by atoms with Gasteiger partial charge in [-0.25, -0.2) is 0 Å². The first-order valence-electron chi connectivity index (χ1n) is 10.4. The Bertz CT molecular complexity index is 674. The highest BCUT2D eigenvalue weighted by Crippen LogP contribution is 2.38. The molecule has 2 atom stereocenters. The number of nitrogens with one attached hydrogen (secondary N) is 1. The number of hydrogen-bond donors (Lipinski definition) is 1. The number of nitrogens with zero attached hydrogens (tertiary/aromatic N) is 2. The fraction of sp³-hybridized carbons (Fsp3) is 0.636. The van der Waals surface area contributed by atoms with Crippen LogP contribution in [-0.2, 0) is 9.59 Å². The highest BCUT2D eigenvalue weighted by atomic mass is 35.5. The zero-order valence-electron chi connectivity index (χ0n) is 17.7. The van der Waals surface area contributed by atoms with Crippen LogP contribution in [0, 0.1) is 11.8 Å². The predicted molar refractivity (Wildman–Crippen MR) is 116 cm³/mol. The minimum Gasteiger partial charge on any atom is -0.497 e. The molecule has 1 N–H and O–H groups in total. The number of amides is 2. The third-order valence-electron chi connectivity index (χ3n) is 6.24. The van der Waals surface area contributed by atoms with E-state index in [-0.39, 0.29) is 36.2 Å². The Balaban J connectivity index is 0.00000300. The molecule has 29 heavy (non-hydrogen) atoms. The summed E-state index contributed by atoms with van der Waals surface area (Å²) in [7, 11) is 3.45. The van der Waals surface area contributed by atoms with Crippen molar-refractivity contribution in [1.29, 1.82) is 0 Å². The Labute approximate surface area is 180 Å². The minimum absolute atomic E-state index is 0. The molecular weight excluding hydrogens is 390 g/mol. The maximum Gasteiger partial charge on any atom is 0.228 e. The number of carbonyl (C=O) groups excluding carboxylic acids is 2. The molecule has 2 heterocycles. The van der Waals surface area contributed by atoms with E-state index in [2.05, 4.69) is 12.2 Å². The molecule has 0 aliphatic carbocycles. The van der Waals surface area contributed by atoms with Gasteiger partial charge in [-0.3, -0.25) is 9.59 Å². The molecule has 1 aromatic carbocycles. The quantitative estimate of drug-likeness (QED) is 0.764.